The maximum absolute atomic E-state index is 6.15. The molecule has 17 heavy (non-hydrogen) atoms. The molecular weight excluding hydrogens is 212 g/mol. The van der Waals surface area contributed by atoms with Crippen LogP contribution >= 0.6 is 0 Å². The number of hydrogen-bond donors (Lipinski definition) is 1. The Balaban J connectivity index is 2.04. The fourth-order valence-electron chi connectivity index (χ4n) is 2.37. The summed E-state index contributed by atoms with van der Waals surface area (Å²) >= 11 is 0. The molecule has 1 aromatic rings. The maximum atomic E-state index is 6.15. The smallest absolute Gasteiger partial charge is 0.205 e. The van der Waals surface area contributed by atoms with E-state index in [1.54, 1.807) is 0 Å². The summed E-state index contributed by atoms with van der Waals surface area (Å²) in [7, 11) is 0. The monoisotopic (exact) mass is 236 g/mol. The zero-order valence-corrected chi connectivity index (χ0v) is 11.0. The third-order valence-corrected chi connectivity index (χ3v) is 3.75. The molecule has 1 aliphatic rings. The molecule has 1 saturated heterocycles. The number of aromatic nitrogens is 2. The van der Waals surface area contributed by atoms with Crippen LogP contribution in [0.2, 0.25) is 0 Å². The summed E-state index contributed by atoms with van der Waals surface area (Å²) in [5, 5.41) is 0. The van der Waals surface area contributed by atoms with Crippen LogP contribution < -0.4 is 10.6 Å². The molecule has 96 valence electrons. The van der Waals surface area contributed by atoms with Crippen LogP contribution in [0.4, 0.5) is 5.95 Å². The molecule has 2 N–H and O–H groups in total. The van der Waals surface area contributed by atoms with Crippen molar-refractivity contribution in [2.45, 2.75) is 45.7 Å². The van der Waals surface area contributed by atoms with E-state index in [1.165, 1.54) is 19.3 Å². The molecule has 0 aromatic carbocycles. The number of aryl methyl sites for hydroxylation is 1. The van der Waals surface area contributed by atoms with Gasteiger partial charge in [-0.1, -0.05) is 20.3 Å². The molecule has 2 heterocycles. The van der Waals surface area contributed by atoms with Gasteiger partial charge < -0.3 is 15.2 Å². The van der Waals surface area contributed by atoms with E-state index >= 15 is 0 Å². The van der Waals surface area contributed by atoms with Crippen molar-refractivity contribution in [3.8, 4) is 0 Å². The van der Waals surface area contributed by atoms with Gasteiger partial charge in [0.15, 0.2) is 0 Å². The highest BCUT2D eigenvalue weighted by molar-refractivity contribution is 5.32. The molecule has 2 unspecified atom stereocenters. The summed E-state index contributed by atoms with van der Waals surface area (Å²) in [6.45, 7) is 7.54. The van der Waals surface area contributed by atoms with Crippen LogP contribution in [-0.2, 0) is 6.54 Å². The van der Waals surface area contributed by atoms with E-state index in [0.29, 0.717) is 5.92 Å². The lowest BCUT2D eigenvalue weighted by Crippen LogP contribution is -2.48. The van der Waals surface area contributed by atoms with E-state index < -0.39 is 0 Å². The Labute approximate surface area is 104 Å². The zero-order valence-electron chi connectivity index (χ0n) is 11.0. The van der Waals surface area contributed by atoms with Crippen molar-refractivity contribution < 1.29 is 0 Å². The minimum Gasteiger partial charge on any atom is -0.341 e. The molecule has 1 aliphatic heterocycles. The lowest BCUT2D eigenvalue weighted by atomic mass is 9.94. The second kappa shape index (κ2) is 5.54. The Hall–Kier alpha value is -1.03. The first-order chi connectivity index (χ1) is 8.22. The summed E-state index contributed by atoms with van der Waals surface area (Å²) in [5.74, 6) is 1.73. The predicted molar refractivity (Wildman–Crippen MR) is 71.1 cm³/mol. The lowest BCUT2D eigenvalue weighted by molar-refractivity contribution is 0.373. The Morgan fingerprint density at radius 3 is 3.06 bits per heavy atom. The molecular formula is C13H24N4. The minimum atomic E-state index is 0.278. The molecule has 2 rings (SSSR count). The van der Waals surface area contributed by atoms with Crippen molar-refractivity contribution in [3.05, 3.63) is 12.4 Å². The third kappa shape index (κ3) is 2.80. The summed E-state index contributed by atoms with van der Waals surface area (Å²) in [6.07, 6.45) is 7.57. The summed E-state index contributed by atoms with van der Waals surface area (Å²) < 4.78 is 2.26. The van der Waals surface area contributed by atoms with E-state index in [2.05, 4.69) is 34.5 Å². The first-order valence-corrected chi connectivity index (χ1v) is 6.74. The normalized spacial score (nSPS) is 25.2. The third-order valence-electron chi connectivity index (χ3n) is 3.75. The molecule has 0 radical (unpaired) electrons. The molecule has 0 bridgehead atoms. The first kappa shape index (κ1) is 12.4. The molecule has 4 heteroatoms. The number of nitrogens with zero attached hydrogens (tertiary/aromatic N) is 3. The number of rotatable bonds is 4. The summed E-state index contributed by atoms with van der Waals surface area (Å²) in [5.41, 5.74) is 6.15. The zero-order chi connectivity index (χ0) is 12.3. The van der Waals surface area contributed by atoms with E-state index in [1.807, 2.05) is 6.20 Å². The van der Waals surface area contributed by atoms with Gasteiger partial charge in [-0.15, -0.1) is 0 Å². The molecule has 1 fully saturated rings. The van der Waals surface area contributed by atoms with Crippen LogP contribution in [0.1, 0.15) is 33.1 Å². The van der Waals surface area contributed by atoms with Gasteiger partial charge in [0.2, 0.25) is 5.95 Å². The number of unbranched alkanes of at least 4 members (excludes halogenated alkanes) is 1. The summed E-state index contributed by atoms with van der Waals surface area (Å²) in [4.78, 5) is 6.82. The average Bonchev–Trinajstić information content (AvgIpc) is 2.78. The SMILES string of the molecule is CCCCn1ccnc1N1CCC(C)C(N)C1. The fourth-order valence-corrected chi connectivity index (χ4v) is 2.37. The highest BCUT2D eigenvalue weighted by Gasteiger charge is 2.25. The Morgan fingerprint density at radius 1 is 1.53 bits per heavy atom. The fraction of sp³-hybridized carbons (Fsp3) is 0.769. The number of nitrogens with two attached hydrogens (primary N) is 1. The van der Waals surface area contributed by atoms with Gasteiger partial charge in [-0.25, -0.2) is 4.98 Å². The predicted octanol–water partition coefficient (Wildman–Crippen LogP) is 1.86. The van der Waals surface area contributed by atoms with Crippen molar-refractivity contribution in [2.75, 3.05) is 18.0 Å². The van der Waals surface area contributed by atoms with E-state index in [9.17, 15) is 0 Å². The van der Waals surface area contributed by atoms with Crippen LogP contribution in [0, 0.1) is 5.92 Å². The number of imidazole rings is 1. The van der Waals surface area contributed by atoms with Gasteiger partial charge in [0, 0.05) is 38.1 Å². The van der Waals surface area contributed by atoms with Crippen molar-refractivity contribution >= 4 is 5.95 Å². The van der Waals surface area contributed by atoms with Crippen molar-refractivity contribution in [1.29, 1.82) is 0 Å². The largest absolute Gasteiger partial charge is 0.341 e. The standard InChI is InChI=1S/C13H24N4/c1-3-4-7-16-9-6-15-13(16)17-8-5-11(2)12(14)10-17/h6,9,11-12H,3-5,7-8,10,14H2,1-2H3. The van der Waals surface area contributed by atoms with Crippen LogP contribution in [0.25, 0.3) is 0 Å². The molecule has 0 saturated carbocycles. The van der Waals surface area contributed by atoms with Gasteiger partial charge in [-0.3, -0.25) is 0 Å². The van der Waals surface area contributed by atoms with Crippen molar-refractivity contribution in [2.24, 2.45) is 11.7 Å². The highest BCUT2D eigenvalue weighted by Crippen LogP contribution is 2.21. The second-order valence-corrected chi connectivity index (χ2v) is 5.15. The van der Waals surface area contributed by atoms with E-state index in [-0.39, 0.29) is 6.04 Å². The van der Waals surface area contributed by atoms with E-state index in [4.69, 9.17) is 5.73 Å². The first-order valence-electron chi connectivity index (χ1n) is 6.74. The van der Waals surface area contributed by atoms with Crippen LogP contribution in [0.15, 0.2) is 12.4 Å². The second-order valence-electron chi connectivity index (χ2n) is 5.15. The highest BCUT2D eigenvalue weighted by atomic mass is 15.3. The number of hydrogen-bond acceptors (Lipinski definition) is 3. The topological polar surface area (TPSA) is 47.1 Å². The molecule has 2 atom stereocenters. The number of piperidine rings is 1. The Morgan fingerprint density at radius 2 is 2.35 bits per heavy atom. The lowest BCUT2D eigenvalue weighted by Gasteiger charge is -2.35. The average molecular weight is 236 g/mol. The molecule has 0 spiro atoms. The van der Waals surface area contributed by atoms with Crippen LogP contribution in [0.5, 0.6) is 0 Å². The van der Waals surface area contributed by atoms with Gasteiger partial charge in [0.05, 0.1) is 0 Å². The van der Waals surface area contributed by atoms with Gasteiger partial charge in [-0.2, -0.15) is 0 Å². The molecule has 0 amide bonds. The van der Waals surface area contributed by atoms with Gasteiger partial charge in [0.1, 0.15) is 0 Å². The summed E-state index contributed by atoms with van der Waals surface area (Å²) in [6, 6.07) is 0.278. The molecule has 0 aliphatic carbocycles. The van der Waals surface area contributed by atoms with Gasteiger partial charge in [0.25, 0.3) is 0 Å². The van der Waals surface area contributed by atoms with E-state index in [0.717, 1.165) is 25.6 Å². The Kier molecular flexibility index (Phi) is 4.05. The Bertz CT molecular complexity index is 347. The van der Waals surface area contributed by atoms with Crippen LogP contribution in [0.3, 0.4) is 0 Å². The molecule has 1 aromatic heterocycles. The van der Waals surface area contributed by atoms with Crippen molar-refractivity contribution in [3.63, 3.8) is 0 Å². The van der Waals surface area contributed by atoms with Crippen molar-refractivity contribution in [1.82, 2.24) is 9.55 Å². The molecule has 4 nitrogen and oxygen atoms in total. The quantitative estimate of drug-likeness (QED) is 0.868. The van der Waals surface area contributed by atoms with Crippen LogP contribution in [-0.4, -0.2) is 28.7 Å². The maximum Gasteiger partial charge on any atom is 0.205 e. The number of anilines is 1. The van der Waals surface area contributed by atoms with Gasteiger partial charge >= 0.3 is 0 Å². The minimum absolute atomic E-state index is 0.278. The van der Waals surface area contributed by atoms with Gasteiger partial charge in [-0.05, 0) is 18.8 Å².